The summed E-state index contributed by atoms with van der Waals surface area (Å²) < 4.78 is 5.31. The quantitative estimate of drug-likeness (QED) is 0.730. The van der Waals surface area contributed by atoms with Gasteiger partial charge in [-0.05, 0) is 30.0 Å². The topological polar surface area (TPSA) is 46.5 Å². The van der Waals surface area contributed by atoms with Gasteiger partial charge in [0.25, 0.3) is 0 Å². The third-order valence-electron chi connectivity index (χ3n) is 3.23. The third kappa shape index (κ3) is 6.27. The van der Waals surface area contributed by atoms with Crippen molar-refractivity contribution in [2.75, 3.05) is 6.61 Å². The number of carbonyl (C=O) groups is 1. The molecule has 0 aromatic heterocycles. The Hall–Kier alpha value is -1.51. The van der Waals surface area contributed by atoms with E-state index in [4.69, 9.17) is 9.84 Å². The van der Waals surface area contributed by atoms with E-state index in [0.717, 1.165) is 18.4 Å². The second-order valence-electron chi connectivity index (χ2n) is 4.86. The van der Waals surface area contributed by atoms with Gasteiger partial charge in [-0.3, -0.25) is 4.79 Å². The van der Waals surface area contributed by atoms with Gasteiger partial charge in [-0.1, -0.05) is 39.2 Å². The molecule has 1 aromatic rings. The summed E-state index contributed by atoms with van der Waals surface area (Å²) in [7, 11) is 0. The molecule has 0 aliphatic carbocycles. The van der Waals surface area contributed by atoms with Gasteiger partial charge < -0.3 is 9.84 Å². The van der Waals surface area contributed by atoms with E-state index in [0.29, 0.717) is 12.5 Å². The Morgan fingerprint density at radius 3 is 2.79 bits per heavy atom. The van der Waals surface area contributed by atoms with Crippen molar-refractivity contribution in [2.24, 2.45) is 5.92 Å². The average molecular weight is 263 g/mol. The van der Waals surface area contributed by atoms with Crippen LogP contribution in [0, 0.1) is 12.0 Å². The normalized spacial score (nSPS) is 12.1. The van der Waals surface area contributed by atoms with Crippen molar-refractivity contribution >= 4 is 5.97 Å². The minimum Gasteiger partial charge on any atom is -0.507 e. The Bertz CT molecular complexity index is 370. The molecule has 0 heterocycles. The maximum Gasteiger partial charge on any atom is 0.310 e. The zero-order valence-corrected chi connectivity index (χ0v) is 11.8. The first-order valence-electron chi connectivity index (χ1n) is 7.00. The highest BCUT2D eigenvalue weighted by molar-refractivity contribution is 5.72. The van der Waals surface area contributed by atoms with Gasteiger partial charge in [0.15, 0.2) is 0 Å². The third-order valence-corrected chi connectivity index (χ3v) is 3.23. The second-order valence-corrected chi connectivity index (χ2v) is 4.86. The van der Waals surface area contributed by atoms with Crippen LogP contribution in [0.2, 0.25) is 0 Å². The summed E-state index contributed by atoms with van der Waals surface area (Å²) >= 11 is 0. The minimum absolute atomic E-state index is 0.0859. The Morgan fingerprint density at radius 1 is 1.42 bits per heavy atom. The van der Waals surface area contributed by atoms with Crippen molar-refractivity contribution in [1.82, 2.24) is 0 Å². The highest BCUT2D eigenvalue weighted by Gasteiger charge is 2.10. The first kappa shape index (κ1) is 15.5. The van der Waals surface area contributed by atoms with E-state index in [9.17, 15) is 4.79 Å². The number of carbonyl (C=O) groups excluding carboxylic acids is 1. The van der Waals surface area contributed by atoms with Gasteiger partial charge in [0.2, 0.25) is 0 Å². The maximum atomic E-state index is 11.7. The molecule has 3 nitrogen and oxygen atoms in total. The van der Waals surface area contributed by atoms with Gasteiger partial charge in [-0.2, -0.15) is 0 Å². The van der Waals surface area contributed by atoms with E-state index in [-0.39, 0.29) is 18.1 Å². The standard InChI is InChI=1S/C16H23O3/c1-3-5-6-13(4-2)12-19-16(18)11-14-7-9-15(17)10-8-14/h7-9,13,17H,3-6,11-12H2,1-2H3. The average Bonchev–Trinajstić information content (AvgIpc) is 2.42. The van der Waals surface area contributed by atoms with Gasteiger partial charge in [-0.15, -0.1) is 0 Å². The molecule has 1 aromatic carbocycles. The van der Waals surface area contributed by atoms with Crippen LogP contribution in [0.4, 0.5) is 0 Å². The predicted molar refractivity (Wildman–Crippen MR) is 74.9 cm³/mol. The number of unbranched alkanes of at least 4 members (excludes halogenated alkanes) is 1. The van der Waals surface area contributed by atoms with Crippen LogP contribution in [0.5, 0.6) is 5.75 Å². The lowest BCUT2D eigenvalue weighted by molar-refractivity contribution is -0.144. The highest BCUT2D eigenvalue weighted by Crippen LogP contribution is 2.14. The van der Waals surface area contributed by atoms with Gasteiger partial charge in [0, 0.05) is 6.07 Å². The number of esters is 1. The number of hydrogen-bond donors (Lipinski definition) is 1. The summed E-state index contributed by atoms with van der Waals surface area (Å²) in [6.07, 6.45) is 4.76. The van der Waals surface area contributed by atoms with Crippen molar-refractivity contribution in [3.8, 4) is 5.75 Å². The first-order chi connectivity index (χ1) is 9.15. The van der Waals surface area contributed by atoms with Gasteiger partial charge in [0.1, 0.15) is 5.75 Å². The molecule has 1 radical (unpaired) electrons. The second kappa shape index (κ2) is 8.57. The van der Waals surface area contributed by atoms with Gasteiger partial charge in [-0.25, -0.2) is 0 Å². The lowest BCUT2D eigenvalue weighted by atomic mass is 10.0. The summed E-state index contributed by atoms with van der Waals surface area (Å²) in [5.74, 6) is 0.340. The van der Waals surface area contributed by atoms with Crippen molar-refractivity contribution in [2.45, 2.75) is 46.0 Å². The maximum absolute atomic E-state index is 11.7. The van der Waals surface area contributed by atoms with E-state index >= 15 is 0 Å². The van der Waals surface area contributed by atoms with E-state index in [1.54, 1.807) is 12.1 Å². The fourth-order valence-electron chi connectivity index (χ4n) is 1.89. The summed E-state index contributed by atoms with van der Waals surface area (Å²) in [5, 5.41) is 9.11. The number of ether oxygens (including phenoxy) is 1. The fraction of sp³-hybridized carbons (Fsp3) is 0.562. The molecule has 1 rings (SSSR count). The van der Waals surface area contributed by atoms with Crippen LogP contribution in [0.1, 0.15) is 45.1 Å². The van der Waals surface area contributed by atoms with Crippen molar-refractivity contribution < 1.29 is 14.6 Å². The van der Waals surface area contributed by atoms with Crippen LogP contribution >= 0.6 is 0 Å². The molecule has 0 saturated heterocycles. The molecule has 0 fully saturated rings. The first-order valence-corrected chi connectivity index (χ1v) is 7.00. The Morgan fingerprint density at radius 2 is 2.21 bits per heavy atom. The molecule has 0 amide bonds. The molecule has 1 atom stereocenters. The lowest BCUT2D eigenvalue weighted by Gasteiger charge is -2.14. The number of benzene rings is 1. The molecule has 0 spiro atoms. The molecular weight excluding hydrogens is 240 g/mol. The van der Waals surface area contributed by atoms with Crippen LogP contribution < -0.4 is 0 Å². The smallest absolute Gasteiger partial charge is 0.310 e. The summed E-state index contributed by atoms with van der Waals surface area (Å²) in [6.45, 7) is 4.81. The minimum atomic E-state index is -0.214. The number of rotatable bonds is 8. The Balaban J connectivity index is 2.32. The van der Waals surface area contributed by atoms with Gasteiger partial charge >= 0.3 is 5.97 Å². The molecular formula is C16H23O3. The molecule has 0 bridgehead atoms. The number of phenols is 1. The van der Waals surface area contributed by atoms with Crippen LogP contribution in [0.15, 0.2) is 18.2 Å². The zero-order valence-electron chi connectivity index (χ0n) is 11.8. The lowest BCUT2D eigenvalue weighted by Crippen LogP contribution is -2.15. The molecule has 0 aliphatic heterocycles. The van der Waals surface area contributed by atoms with E-state index in [2.05, 4.69) is 19.9 Å². The van der Waals surface area contributed by atoms with Crippen LogP contribution in [0.25, 0.3) is 0 Å². The molecule has 1 N–H and O–H groups in total. The number of hydrogen-bond acceptors (Lipinski definition) is 3. The van der Waals surface area contributed by atoms with E-state index < -0.39 is 0 Å². The largest absolute Gasteiger partial charge is 0.507 e. The molecule has 3 heteroatoms. The van der Waals surface area contributed by atoms with Gasteiger partial charge in [0.05, 0.1) is 13.0 Å². The predicted octanol–water partition coefficient (Wildman–Crippen LogP) is 3.49. The van der Waals surface area contributed by atoms with E-state index in [1.807, 2.05) is 0 Å². The monoisotopic (exact) mass is 263 g/mol. The molecule has 0 saturated carbocycles. The SMILES string of the molecule is CCCCC(CC)COC(=O)Cc1c[c]c(O)cc1. The van der Waals surface area contributed by atoms with Crippen molar-refractivity contribution in [3.63, 3.8) is 0 Å². The zero-order chi connectivity index (χ0) is 14.1. The van der Waals surface area contributed by atoms with E-state index in [1.165, 1.54) is 18.9 Å². The Labute approximate surface area is 115 Å². The van der Waals surface area contributed by atoms with Crippen molar-refractivity contribution in [1.29, 1.82) is 0 Å². The molecule has 0 aliphatic rings. The fourth-order valence-corrected chi connectivity index (χ4v) is 1.89. The highest BCUT2D eigenvalue weighted by atomic mass is 16.5. The molecule has 1 unspecified atom stereocenters. The summed E-state index contributed by atoms with van der Waals surface area (Å²) in [5.41, 5.74) is 0.810. The van der Waals surface area contributed by atoms with Crippen LogP contribution in [-0.2, 0) is 16.0 Å². The van der Waals surface area contributed by atoms with Crippen LogP contribution in [0.3, 0.4) is 0 Å². The molecule has 105 valence electrons. The van der Waals surface area contributed by atoms with Crippen molar-refractivity contribution in [3.05, 3.63) is 29.8 Å². The number of aromatic hydroxyl groups is 1. The molecule has 19 heavy (non-hydrogen) atoms. The van der Waals surface area contributed by atoms with Crippen LogP contribution in [-0.4, -0.2) is 17.7 Å². The Kier molecular flexibility index (Phi) is 7.01. The summed E-state index contributed by atoms with van der Waals surface area (Å²) in [6, 6.07) is 7.51. The number of phenolic OH excluding ortho intramolecular Hbond substituents is 1. The summed E-state index contributed by atoms with van der Waals surface area (Å²) in [4.78, 5) is 11.7.